The van der Waals surface area contributed by atoms with E-state index in [-0.39, 0.29) is 5.91 Å². The van der Waals surface area contributed by atoms with Gasteiger partial charge in [0.2, 0.25) is 5.91 Å². The van der Waals surface area contributed by atoms with E-state index >= 15 is 0 Å². The van der Waals surface area contributed by atoms with Crippen LogP contribution in [0.15, 0.2) is 0 Å². The number of hydrogen-bond acceptors (Lipinski definition) is 4. The number of nitrogens with two attached hydrogens (primary N) is 1. The molecule has 3 N–H and O–H groups in total. The van der Waals surface area contributed by atoms with Crippen LogP contribution in [0.1, 0.15) is 116 Å². The highest BCUT2D eigenvalue weighted by atomic mass is 16.5. The lowest BCUT2D eigenvalue weighted by Gasteiger charge is -2.07. The summed E-state index contributed by atoms with van der Waals surface area (Å²) in [6.07, 6.45) is 20.1. The van der Waals surface area contributed by atoms with Gasteiger partial charge < -0.3 is 20.5 Å². The molecule has 5 heteroatoms. The molecular weight excluding hydrogens is 424 g/mol. The average Bonchev–Trinajstić information content (AvgIpc) is 2.84. The lowest BCUT2D eigenvalue weighted by atomic mass is 10.1. The van der Waals surface area contributed by atoms with E-state index in [1.54, 1.807) is 0 Å². The highest BCUT2D eigenvalue weighted by Crippen LogP contribution is 2.09. The Balaban J connectivity index is 3.30. The summed E-state index contributed by atoms with van der Waals surface area (Å²) in [5.74, 6) is 12.5. The third-order valence-electron chi connectivity index (χ3n) is 5.55. The number of rotatable bonds is 24. The maximum atomic E-state index is 11.8. The van der Waals surface area contributed by atoms with Crippen molar-refractivity contribution >= 4 is 5.91 Å². The van der Waals surface area contributed by atoms with Gasteiger partial charge in [-0.15, -0.1) is 0 Å². The van der Waals surface area contributed by atoms with Crippen molar-refractivity contribution in [3.05, 3.63) is 0 Å². The minimum atomic E-state index is 0.113. The molecule has 0 aromatic carbocycles. The summed E-state index contributed by atoms with van der Waals surface area (Å²) < 4.78 is 10.6. The van der Waals surface area contributed by atoms with E-state index in [1.165, 1.54) is 70.6 Å². The largest absolute Gasteiger partial charge is 0.378 e. The average molecular weight is 477 g/mol. The van der Waals surface area contributed by atoms with Crippen LogP contribution in [0.5, 0.6) is 0 Å². The molecule has 0 rings (SSSR count). The number of nitrogens with one attached hydrogen (secondary N) is 1. The summed E-state index contributed by atoms with van der Waals surface area (Å²) in [7, 11) is 0. The Morgan fingerprint density at radius 3 is 1.74 bits per heavy atom. The van der Waals surface area contributed by atoms with Crippen LogP contribution in [0.2, 0.25) is 0 Å². The van der Waals surface area contributed by atoms with E-state index in [0.29, 0.717) is 45.9 Å². The Bertz CT molecular complexity index is 557. The molecule has 0 aliphatic rings. The zero-order valence-corrected chi connectivity index (χ0v) is 22.1. The zero-order chi connectivity index (χ0) is 24.8. The van der Waals surface area contributed by atoms with Crippen molar-refractivity contribution in [3.63, 3.8) is 0 Å². The van der Waals surface area contributed by atoms with E-state index in [9.17, 15) is 4.79 Å². The third-order valence-corrected chi connectivity index (χ3v) is 5.55. The van der Waals surface area contributed by atoms with Crippen LogP contribution in [-0.2, 0) is 14.3 Å². The van der Waals surface area contributed by atoms with Crippen LogP contribution in [0.25, 0.3) is 0 Å². The second-order valence-electron chi connectivity index (χ2n) is 8.81. The van der Waals surface area contributed by atoms with Gasteiger partial charge >= 0.3 is 0 Å². The van der Waals surface area contributed by atoms with Crippen molar-refractivity contribution in [3.8, 4) is 23.7 Å². The maximum Gasteiger partial charge on any atom is 0.220 e. The molecule has 0 radical (unpaired) electrons. The molecule has 0 spiro atoms. The molecule has 0 aliphatic carbocycles. The fourth-order valence-electron chi connectivity index (χ4n) is 3.52. The quantitative estimate of drug-likeness (QED) is 0.137. The second-order valence-corrected chi connectivity index (χ2v) is 8.81. The summed E-state index contributed by atoms with van der Waals surface area (Å²) >= 11 is 0. The number of hydrogen-bond donors (Lipinski definition) is 2. The van der Waals surface area contributed by atoms with E-state index in [0.717, 1.165) is 32.1 Å². The Kier molecular flexibility index (Phi) is 28.2. The van der Waals surface area contributed by atoms with Crippen LogP contribution in [0, 0.1) is 23.7 Å². The lowest BCUT2D eigenvalue weighted by Crippen LogP contribution is -2.27. The molecule has 0 aliphatic heterocycles. The molecule has 34 heavy (non-hydrogen) atoms. The predicted octanol–water partition coefficient (Wildman–Crippen LogP) is 5.75. The first-order valence-electron chi connectivity index (χ1n) is 13.9. The van der Waals surface area contributed by atoms with Gasteiger partial charge in [0.05, 0.1) is 26.4 Å². The van der Waals surface area contributed by atoms with Gasteiger partial charge in [0, 0.05) is 32.4 Å². The van der Waals surface area contributed by atoms with Crippen LogP contribution in [0.4, 0.5) is 0 Å². The van der Waals surface area contributed by atoms with Crippen LogP contribution >= 0.6 is 0 Å². The normalized spacial score (nSPS) is 10.3. The smallest absolute Gasteiger partial charge is 0.220 e. The minimum absolute atomic E-state index is 0.113. The second kappa shape index (κ2) is 29.5. The topological polar surface area (TPSA) is 73.6 Å². The fraction of sp³-hybridized carbons (Fsp3) is 0.828. The molecule has 0 bridgehead atoms. The Morgan fingerprint density at radius 1 is 0.676 bits per heavy atom. The first kappa shape index (κ1) is 32.5. The van der Waals surface area contributed by atoms with Crippen LogP contribution < -0.4 is 11.1 Å². The molecular formula is C29H52N2O3. The van der Waals surface area contributed by atoms with Crippen molar-refractivity contribution in [1.29, 1.82) is 0 Å². The highest BCUT2D eigenvalue weighted by Gasteiger charge is 2.00. The summed E-state index contributed by atoms with van der Waals surface area (Å²) in [4.78, 5) is 11.8. The highest BCUT2D eigenvalue weighted by molar-refractivity contribution is 5.75. The van der Waals surface area contributed by atoms with Gasteiger partial charge in [-0.2, -0.15) is 0 Å². The lowest BCUT2D eigenvalue weighted by molar-refractivity contribution is -0.121. The molecule has 0 fully saturated rings. The number of carbonyl (C=O) groups is 1. The van der Waals surface area contributed by atoms with Gasteiger partial charge in [0.15, 0.2) is 0 Å². The Hall–Kier alpha value is -1.53. The molecule has 0 unspecified atom stereocenters. The van der Waals surface area contributed by atoms with Gasteiger partial charge in [0.25, 0.3) is 0 Å². The first-order chi connectivity index (χ1) is 16.8. The first-order valence-corrected chi connectivity index (χ1v) is 13.9. The summed E-state index contributed by atoms with van der Waals surface area (Å²) in [5, 5.41) is 2.89. The molecule has 0 aromatic rings. The fourth-order valence-corrected chi connectivity index (χ4v) is 3.52. The molecule has 196 valence electrons. The van der Waals surface area contributed by atoms with Crippen molar-refractivity contribution < 1.29 is 14.3 Å². The van der Waals surface area contributed by atoms with Crippen molar-refractivity contribution in [2.75, 3.05) is 39.5 Å². The van der Waals surface area contributed by atoms with E-state index in [2.05, 4.69) is 35.9 Å². The molecule has 0 saturated carbocycles. The standard InChI is InChI=1S/C29H52N2O3/c1-2-3-4-5-6-7-8-9-10-11-12-13-14-15-16-17-18-19-20-21-22-29(32)31-24-26-34-28-27-33-25-23-30/h2-10,15-28,30H2,1H3,(H,31,32). The van der Waals surface area contributed by atoms with Gasteiger partial charge in [-0.3, -0.25) is 4.79 Å². The van der Waals surface area contributed by atoms with Crippen molar-refractivity contribution in [2.45, 2.75) is 116 Å². The third kappa shape index (κ3) is 28.5. The zero-order valence-electron chi connectivity index (χ0n) is 22.1. The van der Waals surface area contributed by atoms with Crippen molar-refractivity contribution in [1.82, 2.24) is 5.32 Å². The van der Waals surface area contributed by atoms with E-state index in [4.69, 9.17) is 15.2 Å². The Morgan fingerprint density at radius 2 is 1.18 bits per heavy atom. The predicted molar refractivity (Wildman–Crippen MR) is 143 cm³/mol. The number of unbranched alkanes of at least 4 members (excludes halogenated alkanes) is 14. The van der Waals surface area contributed by atoms with Gasteiger partial charge in [-0.1, -0.05) is 89.4 Å². The molecule has 0 heterocycles. The van der Waals surface area contributed by atoms with Crippen LogP contribution in [-0.4, -0.2) is 45.4 Å². The summed E-state index contributed by atoms with van der Waals surface area (Å²) in [5.41, 5.74) is 5.33. The Labute approximate surface area is 210 Å². The number of amides is 1. The minimum Gasteiger partial charge on any atom is -0.378 e. The molecule has 1 amide bonds. The summed E-state index contributed by atoms with van der Waals surface area (Å²) in [6, 6.07) is 0. The summed E-state index contributed by atoms with van der Waals surface area (Å²) in [6.45, 7) is 5.51. The van der Waals surface area contributed by atoms with Crippen LogP contribution in [0.3, 0.4) is 0 Å². The van der Waals surface area contributed by atoms with Gasteiger partial charge in [0.1, 0.15) is 0 Å². The molecule has 5 nitrogen and oxygen atoms in total. The molecule has 0 aromatic heterocycles. The van der Waals surface area contributed by atoms with E-state index in [1.807, 2.05) is 0 Å². The monoisotopic (exact) mass is 476 g/mol. The number of ether oxygens (including phenoxy) is 2. The van der Waals surface area contributed by atoms with Gasteiger partial charge in [-0.05, 0) is 31.1 Å². The van der Waals surface area contributed by atoms with Gasteiger partial charge in [-0.25, -0.2) is 0 Å². The number of carbonyl (C=O) groups excluding carboxylic acids is 1. The molecule has 0 saturated heterocycles. The SMILES string of the molecule is CCCCCCCCCCC#CC#CCCCCCCCCC(=O)NCCOCCOCCN. The van der Waals surface area contributed by atoms with E-state index < -0.39 is 0 Å². The molecule has 0 atom stereocenters. The van der Waals surface area contributed by atoms with Crippen molar-refractivity contribution in [2.24, 2.45) is 5.73 Å². The maximum absolute atomic E-state index is 11.8.